The van der Waals surface area contributed by atoms with Crippen molar-refractivity contribution in [1.29, 1.82) is 0 Å². The molecule has 5 nitrogen and oxygen atoms in total. The summed E-state index contributed by atoms with van der Waals surface area (Å²) in [4.78, 5) is 13.2. The van der Waals surface area contributed by atoms with Crippen molar-refractivity contribution in [2.45, 2.75) is 18.2 Å². The molecule has 0 saturated heterocycles. The maximum absolute atomic E-state index is 11.7. The van der Waals surface area contributed by atoms with Gasteiger partial charge in [-0.3, -0.25) is 4.79 Å². The molecule has 1 aromatic heterocycles. The molecule has 0 unspecified atom stereocenters. The number of hydrogen-bond donors (Lipinski definition) is 3. The van der Waals surface area contributed by atoms with Gasteiger partial charge in [-0.25, -0.2) is 0 Å². The standard InChI is InChI=1S/C12H21N3O2S2/c1-4-17-7-5-6-15-12-10(18-3)8(13)9(19-12)11(16)14-2/h15H,4-7,13H2,1-3H3,(H,14,16). The molecule has 0 atom stereocenters. The van der Waals surface area contributed by atoms with E-state index in [9.17, 15) is 4.79 Å². The minimum atomic E-state index is -0.139. The van der Waals surface area contributed by atoms with E-state index in [0.717, 1.165) is 36.1 Å². The zero-order chi connectivity index (χ0) is 14.3. The maximum Gasteiger partial charge on any atom is 0.263 e. The highest BCUT2D eigenvalue weighted by Crippen LogP contribution is 2.41. The third-order valence-electron chi connectivity index (χ3n) is 2.49. The van der Waals surface area contributed by atoms with Gasteiger partial charge in [0.1, 0.15) is 9.88 Å². The molecular formula is C12H21N3O2S2. The van der Waals surface area contributed by atoms with Crippen LogP contribution in [-0.2, 0) is 4.74 Å². The van der Waals surface area contributed by atoms with Crippen molar-refractivity contribution in [3.05, 3.63) is 4.88 Å². The minimum absolute atomic E-state index is 0.139. The summed E-state index contributed by atoms with van der Waals surface area (Å²) in [5.41, 5.74) is 6.57. The summed E-state index contributed by atoms with van der Waals surface area (Å²) in [6.07, 6.45) is 2.88. The zero-order valence-electron chi connectivity index (χ0n) is 11.5. The van der Waals surface area contributed by atoms with Crippen LogP contribution < -0.4 is 16.4 Å². The highest BCUT2D eigenvalue weighted by atomic mass is 32.2. The van der Waals surface area contributed by atoms with Crippen molar-refractivity contribution in [3.63, 3.8) is 0 Å². The van der Waals surface area contributed by atoms with Crippen LogP contribution in [0.1, 0.15) is 23.0 Å². The molecular weight excluding hydrogens is 282 g/mol. The number of thioether (sulfide) groups is 1. The fourth-order valence-electron chi connectivity index (χ4n) is 1.55. The predicted octanol–water partition coefficient (Wildman–Crippen LogP) is 2.25. The van der Waals surface area contributed by atoms with E-state index in [4.69, 9.17) is 10.5 Å². The van der Waals surface area contributed by atoms with E-state index in [-0.39, 0.29) is 5.91 Å². The molecule has 0 aromatic carbocycles. The quantitative estimate of drug-likeness (QED) is 0.507. The first-order valence-corrected chi connectivity index (χ1v) is 8.19. The molecule has 1 aromatic rings. The molecule has 108 valence electrons. The van der Waals surface area contributed by atoms with Crippen LogP contribution in [0.2, 0.25) is 0 Å². The first-order valence-electron chi connectivity index (χ1n) is 6.15. The Morgan fingerprint density at radius 2 is 2.26 bits per heavy atom. The van der Waals surface area contributed by atoms with Crippen LogP contribution in [0.4, 0.5) is 10.7 Å². The SMILES string of the molecule is CCOCCCNc1sc(C(=O)NC)c(N)c1SC. The van der Waals surface area contributed by atoms with Crippen molar-refractivity contribution in [3.8, 4) is 0 Å². The first kappa shape index (κ1) is 16.1. The second-order valence-electron chi connectivity index (χ2n) is 3.76. The minimum Gasteiger partial charge on any atom is -0.396 e. The molecule has 0 aliphatic carbocycles. The van der Waals surface area contributed by atoms with Crippen molar-refractivity contribution in [2.75, 3.05) is 44.1 Å². The Bertz CT molecular complexity index is 421. The third kappa shape index (κ3) is 4.29. The van der Waals surface area contributed by atoms with Gasteiger partial charge in [0.25, 0.3) is 5.91 Å². The first-order chi connectivity index (χ1) is 9.15. The lowest BCUT2D eigenvalue weighted by atomic mass is 10.3. The topological polar surface area (TPSA) is 76.4 Å². The van der Waals surface area contributed by atoms with Gasteiger partial charge in [-0.05, 0) is 19.6 Å². The Morgan fingerprint density at radius 1 is 1.53 bits per heavy atom. The summed E-state index contributed by atoms with van der Waals surface area (Å²) < 4.78 is 5.28. The summed E-state index contributed by atoms with van der Waals surface area (Å²) in [5, 5.41) is 6.88. The Labute approximate surface area is 122 Å². The largest absolute Gasteiger partial charge is 0.396 e. The average Bonchev–Trinajstić information content (AvgIpc) is 2.74. The van der Waals surface area contributed by atoms with Gasteiger partial charge in [0.15, 0.2) is 0 Å². The molecule has 4 N–H and O–H groups in total. The lowest BCUT2D eigenvalue weighted by molar-refractivity contribution is 0.0968. The Morgan fingerprint density at radius 3 is 2.84 bits per heavy atom. The molecule has 1 rings (SSSR count). The number of anilines is 2. The lowest BCUT2D eigenvalue weighted by Gasteiger charge is -2.06. The molecule has 7 heteroatoms. The second-order valence-corrected chi connectivity index (χ2v) is 5.60. The summed E-state index contributed by atoms with van der Waals surface area (Å²) in [6.45, 7) is 4.26. The number of thiophene rings is 1. The number of nitrogen functional groups attached to an aromatic ring is 1. The van der Waals surface area contributed by atoms with E-state index in [1.54, 1.807) is 18.8 Å². The summed E-state index contributed by atoms with van der Waals surface area (Å²) in [6, 6.07) is 0. The molecule has 1 amide bonds. The van der Waals surface area contributed by atoms with Crippen molar-refractivity contribution in [1.82, 2.24) is 5.32 Å². The molecule has 1 heterocycles. The van der Waals surface area contributed by atoms with Gasteiger partial charge >= 0.3 is 0 Å². The van der Waals surface area contributed by atoms with Crippen LogP contribution in [0.5, 0.6) is 0 Å². The number of carbonyl (C=O) groups excluding carboxylic acids is 1. The number of ether oxygens (including phenoxy) is 1. The third-order valence-corrected chi connectivity index (χ3v) is 4.62. The van der Waals surface area contributed by atoms with Gasteiger partial charge < -0.3 is 21.1 Å². The van der Waals surface area contributed by atoms with Gasteiger partial charge in [-0.2, -0.15) is 0 Å². The summed E-state index contributed by atoms with van der Waals surface area (Å²) in [7, 11) is 1.61. The Hall–Kier alpha value is -0.920. The van der Waals surface area contributed by atoms with E-state index in [1.165, 1.54) is 11.3 Å². The highest BCUT2D eigenvalue weighted by molar-refractivity contribution is 7.99. The number of hydrogen-bond acceptors (Lipinski definition) is 6. The van der Waals surface area contributed by atoms with E-state index in [0.29, 0.717) is 10.6 Å². The van der Waals surface area contributed by atoms with Gasteiger partial charge in [0.05, 0.1) is 10.6 Å². The number of carbonyl (C=O) groups is 1. The number of rotatable bonds is 8. The van der Waals surface area contributed by atoms with Crippen molar-refractivity contribution < 1.29 is 9.53 Å². The molecule has 0 aliphatic heterocycles. The van der Waals surface area contributed by atoms with E-state index in [1.807, 2.05) is 13.2 Å². The second kappa shape index (κ2) is 8.29. The smallest absolute Gasteiger partial charge is 0.263 e. The van der Waals surface area contributed by atoms with Gasteiger partial charge in [-0.1, -0.05) is 0 Å². The van der Waals surface area contributed by atoms with Gasteiger partial charge in [0, 0.05) is 26.8 Å². The van der Waals surface area contributed by atoms with E-state index in [2.05, 4.69) is 10.6 Å². The molecule has 0 bridgehead atoms. The molecule has 0 radical (unpaired) electrons. The maximum atomic E-state index is 11.7. The van der Waals surface area contributed by atoms with Crippen molar-refractivity contribution >= 4 is 39.7 Å². The molecule has 0 saturated carbocycles. The van der Waals surface area contributed by atoms with Crippen LogP contribution in [0.3, 0.4) is 0 Å². The van der Waals surface area contributed by atoms with Gasteiger partial charge in [0.2, 0.25) is 0 Å². The Balaban J connectivity index is 2.69. The number of amides is 1. The monoisotopic (exact) mass is 303 g/mol. The normalized spacial score (nSPS) is 10.5. The number of nitrogens with one attached hydrogen (secondary N) is 2. The zero-order valence-corrected chi connectivity index (χ0v) is 13.2. The fraction of sp³-hybridized carbons (Fsp3) is 0.583. The summed E-state index contributed by atoms with van der Waals surface area (Å²) >= 11 is 2.95. The van der Waals surface area contributed by atoms with Crippen LogP contribution in [0.25, 0.3) is 0 Å². The fourth-order valence-corrected chi connectivity index (χ4v) is 3.56. The van der Waals surface area contributed by atoms with Crippen LogP contribution >= 0.6 is 23.1 Å². The Kier molecular flexibility index (Phi) is 7.04. The van der Waals surface area contributed by atoms with Crippen LogP contribution in [-0.4, -0.2) is 39.0 Å². The average molecular weight is 303 g/mol. The van der Waals surface area contributed by atoms with Crippen LogP contribution in [0.15, 0.2) is 4.90 Å². The summed E-state index contributed by atoms with van der Waals surface area (Å²) in [5.74, 6) is -0.139. The number of nitrogens with two attached hydrogens (primary N) is 1. The highest BCUT2D eigenvalue weighted by Gasteiger charge is 2.19. The van der Waals surface area contributed by atoms with Crippen LogP contribution in [0, 0.1) is 0 Å². The predicted molar refractivity (Wildman–Crippen MR) is 83.5 cm³/mol. The van der Waals surface area contributed by atoms with Crippen molar-refractivity contribution in [2.24, 2.45) is 0 Å². The van der Waals surface area contributed by atoms with Gasteiger partial charge in [-0.15, -0.1) is 23.1 Å². The van der Waals surface area contributed by atoms with E-state index < -0.39 is 0 Å². The lowest BCUT2D eigenvalue weighted by Crippen LogP contribution is -2.17. The molecule has 0 aliphatic rings. The van der Waals surface area contributed by atoms with E-state index >= 15 is 0 Å². The molecule has 0 spiro atoms. The molecule has 19 heavy (non-hydrogen) atoms. The molecule has 0 fully saturated rings.